The first kappa shape index (κ1) is 15.0. The third-order valence-electron chi connectivity index (χ3n) is 3.54. The molecule has 0 spiro atoms. The van der Waals surface area contributed by atoms with Crippen molar-refractivity contribution in [3.8, 4) is 0 Å². The highest BCUT2D eigenvalue weighted by Crippen LogP contribution is 2.32. The number of imide groups is 1. The number of thiophene rings is 1. The van der Waals surface area contributed by atoms with Crippen LogP contribution in [0, 0.1) is 0 Å². The van der Waals surface area contributed by atoms with Crippen molar-refractivity contribution in [2.24, 2.45) is 0 Å². The van der Waals surface area contributed by atoms with Gasteiger partial charge in [0.2, 0.25) is 5.91 Å². The molecule has 0 aliphatic carbocycles. The van der Waals surface area contributed by atoms with E-state index < -0.39 is 6.03 Å². The summed E-state index contributed by atoms with van der Waals surface area (Å²) < 4.78 is 0. The molecule has 0 saturated carbocycles. The smallest absolute Gasteiger partial charge is 0.321 e. The molecule has 1 atom stereocenters. The Labute approximate surface area is 123 Å². The van der Waals surface area contributed by atoms with Crippen LogP contribution in [0.3, 0.4) is 0 Å². The maximum atomic E-state index is 11.9. The Kier molecular flexibility index (Phi) is 5.14. The van der Waals surface area contributed by atoms with Gasteiger partial charge in [0.25, 0.3) is 0 Å². The van der Waals surface area contributed by atoms with E-state index in [-0.39, 0.29) is 18.5 Å². The van der Waals surface area contributed by atoms with Gasteiger partial charge < -0.3 is 5.32 Å². The Bertz CT molecular complexity index is 487. The van der Waals surface area contributed by atoms with Crippen LogP contribution < -0.4 is 10.6 Å². The minimum Gasteiger partial charge on any atom is -0.338 e. The van der Waals surface area contributed by atoms with Crippen molar-refractivity contribution < 1.29 is 9.59 Å². The first-order chi connectivity index (χ1) is 9.61. The fraction of sp³-hybridized carbons (Fsp3) is 0.571. The van der Waals surface area contributed by atoms with Crippen LogP contribution >= 0.6 is 11.3 Å². The van der Waals surface area contributed by atoms with Gasteiger partial charge in [0.1, 0.15) is 0 Å². The molecular formula is C14H21N3O2S. The van der Waals surface area contributed by atoms with E-state index in [1.807, 2.05) is 6.92 Å². The lowest BCUT2D eigenvalue weighted by Crippen LogP contribution is -2.46. The third kappa shape index (κ3) is 3.58. The topological polar surface area (TPSA) is 61.4 Å². The van der Waals surface area contributed by atoms with Crippen LogP contribution in [-0.2, 0) is 11.2 Å². The molecule has 0 fully saturated rings. The number of carbonyl (C=O) groups is 2. The van der Waals surface area contributed by atoms with E-state index in [9.17, 15) is 9.59 Å². The van der Waals surface area contributed by atoms with Gasteiger partial charge in [0.05, 0.1) is 6.54 Å². The van der Waals surface area contributed by atoms with Crippen LogP contribution in [0.15, 0.2) is 11.4 Å². The average molecular weight is 295 g/mol. The summed E-state index contributed by atoms with van der Waals surface area (Å²) in [5.74, 6) is -0.246. The van der Waals surface area contributed by atoms with Crippen LogP contribution in [0.25, 0.3) is 0 Å². The summed E-state index contributed by atoms with van der Waals surface area (Å²) >= 11 is 1.78. The van der Waals surface area contributed by atoms with Gasteiger partial charge in [-0.15, -0.1) is 11.3 Å². The summed E-state index contributed by atoms with van der Waals surface area (Å²) in [5.41, 5.74) is 1.31. The molecular weight excluding hydrogens is 274 g/mol. The quantitative estimate of drug-likeness (QED) is 0.892. The van der Waals surface area contributed by atoms with Crippen LogP contribution in [0.5, 0.6) is 0 Å². The van der Waals surface area contributed by atoms with E-state index in [0.717, 1.165) is 19.4 Å². The lowest BCUT2D eigenvalue weighted by Gasteiger charge is -2.32. The lowest BCUT2D eigenvalue weighted by molar-refractivity contribution is -0.121. The molecule has 1 aromatic rings. The van der Waals surface area contributed by atoms with E-state index in [1.54, 1.807) is 11.3 Å². The molecule has 0 bridgehead atoms. The molecule has 1 aliphatic rings. The molecule has 3 amide bonds. The Morgan fingerprint density at radius 2 is 2.30 bits per heavy atom. The van der Waals surface area contributed by atoms with Crippen molar-refractivity contribution in [2.45, 2.75) is 32.7 Å². The minimum atomic E-state index is -0.405. The van der Waals surface area contributed by atoms with Gasteiger partial charge in [-0.3, -0.25) is 15.0 Å². The average Bonchev–Trinajstić information content (AvgIpc) is 2.88. The second kappa shape index (κ2) is 6.85. The molecule has 110 valence electrons. The zero-order chi connectivity index (χ0) is 14.5. The number of carbonyl (C=O) groups excluding carboxylic acids is 2. The molecule has 1 unspecified atom stereocenters. The monoisotopic (exact) mass is 295 g/mol. The lowest BCUT2D eigenvalue weighted by atomic mass is 10.0. The number of fused-ring (bicyclic) bond motifs is 1. The highest BCUT2D eigenvalue weighted by Gasteiger charge is 2.26. The van der Waals surface area contributed by atoms with Gasteiger partial charge >= 0.3 is 6.03 Å². The fourth-order valence-corrected chi connectivity index (χ4v) is 3.37. The number of hydrogen-bond donors (Lipinski definition) is 2. The fourth-order valence-electron chi connectivity index (χ4n) is 2.41. The van der Waals surface area contributed by atoms with E-state index in [1.165, 1.54) is 10.4 Å². The predicted octanol–water partition coefficient (Wildman–Crippen LogP) is 1.90. The molecule has 20 heavy (non-hydrogen) atoms. The Morgan fingerprint density at radius 3 is 3.05 bits per heavy atom. The van der Waals surface area contributed by atoms with Crippen molar-refractivity contribution >= 4 is 23.3 Å². The third-order valence-corrected chi connectivity index (χ3v) is 4.54. The van der Waals surface area contributed by atoms with E-state index in [2.05, 4.69) is 33.9 Å². The van der Waals surface area contributed by atoms with Crippen molar-refractivity contribution in [2.75, 3.05) is 19.6 Å². The van der Waals surface area contributed by atoms with Crippen LogP contribution in [-0.4, -0.2) is 36.5 Å². The van der Waals surface area contributed by atoms with Gasteiger partial charge in [-0.25, -0.2) is 4.79 Å². The summed E-state index contributed by atoms with van der Waals surface area (Å²) in [5, 5.41) is 7.11. The number of nitrogens with zero attached hydrogens (tertiary/aromatic N) is 1. The first-order valence-electron chi connectivity index (χ1n) is 6.99. The molecule has 1 aromatic heterocycles. The number of hydrogen-bond acceptors (Lipinski definition) is 4. The predicted molar refractivity (Wildman–Crippen MR) is 79.8 cm³/mol. The van der Waals surface area contributed by atoms with Crippen LogP contribution in [0.1, 0.15) is 36.8 Å². The van der Waals surface area contributed by atoms with E-state index in [4.69, 9.17) is 0 Å². The molecule has 0 aromatic carbocycles. The molecule has 2 heterocycles. The molecule has 5 nitrogen and oxygen atoms in total. The van der Waals surface area contributed by atoms with Crippen molar-refractivity contribution in [3.05, 3.63) is 21.9 Å². The molecule has 1 aliphatic heterocycles. The zero-order valence-electron chi connectivity index (χ0n) is 11.9. The number of urea groups is 1. The van der Waals surface area contributed by atoms with Crippen molar-refractivity contribution in [1.82, 2.24) is 15.5 Å². The minimum absolute atomic E-state index is 0.231. The second-order valence-electron chi connectivity index (χ2n) is 5.00. The van der Waals surface area contributed by atoms with Crippen LogP contribution in [0.2, 0.25) is 0 Å². The highest BCUT2D eigenvalue weighted by molar-refractivity contribution is 7.10. The maximum Gasteiger partial charge on any atom is 0.321 e. The summed E-state index contributed by atoms with van der Waals surface area (Å²) in [6, 6.07) is 1.95. The highest BCUT2D eigenvalue weighted by atomic mass is 32.1. The van der Waals surface area contributed by atoms with Crippen LogP contribution in [0.4, 0.5) is 4.79 Å². The van der Waals surface area contributed by atoms with E-state index >= 15 is 0 Å². The Hall–Kier alpha value is -1.40. The zero-order valence-corrected chi connectivity index (χ0v) is 12.8. The standard InChI is InChI=1S/C14H21N3O2S/c1-3-6-15-14(19)16-13(18)9-17-7-4-12-11(10(17)2)5-8-20-12/h5,8,10H,3-4,6-7,9H2,1-2H3,(H2,15,16,18,19). The SMILES string of the molecule is CCCNC(=O)NC(=O)CN1CCc2sccc2C1C. The number of rotatable bonds is 4. The Morgan fingerprint density at radius 1 is 1.50 bits per heavy atom. The van der Waals surface area contributed by atoms with E-state index in [0.29, 0.717) is 6.54 Å². The maximum absolute atomic E-state index is 11.9. The molecule has 0 saturated heterocycles. The normalized spacial score (nSPS) is 18.4. The molecule has 2 N–H and O–H groups in total. The van der Waals surface area contributed by atoms with Crippen molar-refractivity contribution in [3.63, 3.8) is 0 Å². The summed E-state index contributed by atoms with van der Waals surface area (Å²) in [6.45, 7) is 5.78. The number of nitrogens with one attached hydrogen (secondary N) is 2. The van der Waals surface area contributed by atoms with Gasteiger partial charge in [0, 0.05) is 24.0 Å². The van der Waals surface area contributed by atoms with Gasteiger partial charge in [0.15, 0.2) is 0 Å². The summed E-state index contributed by atoms with van der Waals surface area (Å²) in [6.07, 6.45) is 1.83. The molecule has 6 heteroatoms. The Balaban J connectivity index is 1.85. The summed E-state index contributed by atoms with van der Waals surface area (Å²) in [7, 11) is 0. The first-order valence-corrected chi connectivity index (χ1v) is 7.87. The number of amides is 3. The van der Waals surface area contributed by atoms with Gasteiger partial charge in [-0.05, 0) is 36.8 Å². The van der Waals surface area contributed by atoms with Gasteiger partial charge in [-0.2, -0.15) is 0 Å². The molecule has 0 radical (unpaired) electrons. The van der Waals surface area contributed by atoms with Gasteiger partial charge in [-0.1, -0.05) is 6.92 Å². The largest absolute Gasteiger partial charge is 0.338 e. The second-order valence-corrected chi connectivity index (χ2v) is 6.00. The summed E-state index contributed by atoms with van der Waals surface area (Å²) in [4.78, 5) is 26.8. The van der Waals surface area contributed by atoms with Crippen molar-refractivity contribution in [1.29, 1.82) is 0 Å². The molecule has 2 rings (SSSR count).